The zero-order valence-electron chi connectivity index (χ0n) is 12.3. The molecule has 0 radical (unpaired) electrons. The van der Waals surface area contributed by atoms with E-state index in [-0.39, 0.29) is 11.6 Å². The van der Waals surface area contributed by atoms with Gasteiger partial charge in [0.1, 0.15) is 0 Å². The first-order valence-corrected chi connectivity index (χ1v) is 7.17. The van der Waals surface area contributed by atoms with Gasteiger partial charge in [-0.3, -0.25) is 16.0 Å². The maximum atomic E-state index is 5.72. The Morgan fingerprint density at radius 2 is 2.32 bits per heavy atom. The molecule has 108 valence electrons. The Hall–Kier alpha value is -0.910. The molecule has 1 unspecified atom stereocenters. The zero-order chi connectivity index (χ0) is 13.9. The van der Waals surface area contributed by atoms with Crippen LogP contribution in [0.15, 0.2) is 6.07 Å². The molecule has 1 aliphatic rings. The zero-order valence-corrected chi connectivity index (χ0v) is 12.3. The number of hydrogen-bond acceptors (Lipinski definition) is 4. The van der Waals surface area contributed by atoms with Gasteiger partial charge in [0.25, 0.3) is 0 Å². The fraction of sp³-hybridized carbons (Fsp3) is 0.786. The highest BCUT2D eigenvalue weighted by Crippen LogP contribution is 2.39. The van der Waals surface area contributed by atoms with E-state index in [0.717, 1.165) is 37.9 Å². The summed E-state index contributed by atoms with van der Waals surface area (Å²) in [7, 11) is 1.81. The van der Waals surface area contributed by atoms with Gasteiger partial charge >= 0.3 is 0 Å². The quantitative estimate of drug-likeness (QED) is 0.580. The molecule has 3 N–H and O–H groups in total. The van der Waals surface area contributed by atoms with E-state index in [0.29, 0.717) is 0 Å². The third-order valence-electron chi connectivity index (χ3n) is 4.29. The van der Waals surface area contributed by atoms with Gasteiger partial charge in [-0.05, 0) is 45.6 Å². The van der Waals surface area contributed by atoms with Gasteiger partial charge < -0.3 is 4.74 Å². The summed E-state index contributed by atoms with van der Waals surface area (Å²) < 4.78 is 7.74. The highest BCUT2D eigenvalue weighted by Gasteiger charge is 2.39. The molecule has 1 aliphatic carbocycles. The van der Waals surface area contributed by atoms with Crippen molar-refractivity contribution < 1.29 is 4.74 Å². The summed E-state index contributed by atoms with van der Waals surface area (Å²) in [5.41, 5.74) is 5.30. The molecule has 2 rings (SSSR count). The van der Waals surface area contributed by atoms with Crippen LogP contribution in [0, 0.1) is 6.92 Å². The van der Waals surface area contributed by atoms with E-state index in [4.69, 9.17) is 10.6 Å². The topological polar surface area (TPSA) is 65.1 Å². The lowest BCUT2D eigenvalue weighted by Crippen LogP contribution is -2.48. The second-order valence-corrected chi connectivity index (χ2v) is 5.61. The predicted molar refractivity (Wildman–Crippen MR) is 75.7 cm³/mol. The van der Waals surface area contributed by atoms with Crippen LogP contribution in [0.2, 0.25) is 0 Å². The van der Waals surface area contributed by atoms with Crippen molar-refractivity contribution in [3.05, 3.63) is 17.5 Å². The summed E-state index contributed by atoms with van der Waals surface area (Å²) in [5, 5.41) is 4.48. The van der Waals surface area contributed by atoms with Crippen molar-refractivity contribution in [3.63, 3.8) is 0 Å². The number of nitrogens with two attached hydrogens (primary N) is 1. The van der Waals surface area contributed by atoms with Crippen LogP contribution >= 0.6 is 0 Å². The van der Waals surface area contributed by atoms with Crippen molar-refractivity contribution in [2.24, 2.45) is 5.84 Å². The minimum absolute atomic E-state index is 0.0448. The molecule has 1 fully saturated rings. The molecule has 0 aliphatic heterocycles. The van der Waals surface area contributed by atoms with Crippen LogP contribution in [0.25, 0.3) is 0 Å². The van der Waals surface area contributed by atoms with Crippen molar-refractivity contribution >= 4 is 0 Å². The molecule has 1 atom stereocenters. The lowest BCUT2D eigenvalue weighted by atomic mass is 9.75. The summed E-state index contributed by atoms with van der Waals surface area (Å²) in [6.07, 6.45) is 5.42. The Kier molecular flexibility index (Phi) is 4.60. The van der Waals surface area contributed by atoms with E-state index in [1.807, 2.05) is 14.0 Å². The predicted octanol–water partition coefficient (Wildman–Crippen LogP) is 1.55. The molecule has 0 saturated heterocycles. The van der Waals surface area contributed by atoms with Crippen LogP contribution in [0.4, 0.5) is 0 Å². The Morgan fingerprint density at radius 3 is 2.79 bits per heavy atom. The van der Waals surface area contributed by atoms with Crippen LogP contribution in [-0.4, -0.2) is 28.5 Å². The van der Waals surface area contributed by atoms with Gasteiger partial charge in [0.2, 0.25) is 0 Å². The Bertz CT molecular complexity index is 406. The van der Waals surface area contributed by atoms with Gasteiger partial charge in [0.05, 0.1) is 11.3 Å². The summed E-state index contributed by atoms with van der Waals surface area (Å²) in [6.45, 7) is 5.04. The number of nitrogens with one attached hydrogen (secondary N) is 1. The summed E-state index contributed by atoms with van der Waals surface area (Å²) in [4.78, 5) is 0. The molecular weight excluding hydrogens is 240 g/mol. The van der Waals surface area contributed by atoms with Crippen molar-refractivity contribution in [1.82, 2.24) is 15.2 Å². The van der Waals surface area contributed by atoms with Crippen molar-refractivity contribution in [3.8, 4) is 0 Å². The average Bonchev–Trinajstić information content (AvgIpc) is 2.72. The van der Waals surface area contributed by atoms with E-state index in [1.165, 1.54) is 12.1 Å². The molecule has 1 aromatic heterocycles. The normalized spacial score (nSPS) is 19.2. The van der Waals surface area contributed by atoms with Crippen LogP contribution in [0.1, 0.15) is 44.0 Å². The van der Waals surface area contributed by atoms with Crippen molar-refractivity contribution in [2.45, 2.75) is 64.1 Å². The fourth-order valence-corrected chi connectivity index (χ4v) is 2.99. The van der Waals surface area contributed by atoms with E-state index < -0.39 is 0 Å². The molecule has 0 bridgehead atoms. The highest BCUT2D eigenvalue weighted by molar-refractivity contribution is 5.11. The number of ether oxygens (including phenoxy) is 1. The fourth-order valence-electron chi connectivity index (χ4n) is 2.99. The highest BCUT2D eigenvalue weighted by atomic mass is 16.5. The van der Waals surface area contributed by atoms with Crippen LogP contribution in [-0.2, 0) is 17.7 Å². The van der Waals surface area contributed by atoms with Gasteiger partial charge in [0.15, 0.2) is 0 Å². The molecule has 1 heterocycles. The van der Waals surface area contributed by atoms with Crippen molar-refractivity contribution in [2.75, 3.05) is 7.11 Å². The molecule has 1 saturated carbocycles. The lowest BCUT2D eigenvalue weighted by molar-refractivity contribution is -0.0835. The average molecular weight is 266 g/mol. The second-order valence-electron chi connectivity index (χ2n) is 5.61. The van der Waals surface area contributed by atoms with Crippen molar-refractivity contribution in [1.29, 1.82) is 0 Å². The molecule has 1 aromatic rings. The van der Waals surface area contributed by atoms with Crippen LogP contribution in [0.3, 0.4) is 0 Å². The molecule has 0 aromatic carbocycles. The van der Waals surface area contributed by atoms with Gasteiger partial charge in [0, 0.05) is 31.8 Å². The summed E-state index contributed by atoms with van der Waals surface area (Å²) >= 11 is 0. The van der Waals surface area contributed by atoms with Crippen LogP contribution in [0.5, 0.6) is 0 Å². The standard InChI is InChI=1S/C14H26N4O/c1-4-18-13(8-11(2)17-18)9-12(16-15)10-14(19-3)6-5-7-14/h8,12,16H,4-7,9-10,15H2,1-3H3. The molecule has 5 heteroatoms. The van der Waals surface area contributed by atoms with Crippen LogP contribution < -0.4 is 11.3 Å². The number of aromatic nitrogens is 2. The summed E-state index contributed by atoms with van der Waals surface area (Å²) in [5.74, 6) is 5.72. The molecule has 0 amide bonds. The second kappa shape index (κ2) is 6.03. The largest absolute Gasteiger partial charge is 0.378 e. The maximum absolute atomic E-state index is 5.72. The Labute approximate surface area is 115 Å². The molecule has 19 heavy (non-hydrogen) atoms. The number of methoxy groups -OCH3 is 1. The van der Waals surface area contributed by atoms with E-state index in [1.54, 1.807) is 0 Å². The van der Waals surface area contributed by atoms with Gasteiger partial charge in [-0.15, -0.1) is 0 Å². The third kappa shape index (κ3) is 3.16. The molecular formula is C14H26N4O. The Balaban J connectivity index is 2.02. The third-order valence-corrected chi connectivity index (χ3v) is 4.29. The first kappa shape index (κ1) is 14.5. The maximum Gasteiger partial charge on any atom is 0.0694 e. The number of hydrogen-bond donors (Lipinski definition) is 2. The molecule has 5 nitrogen and oxygen atoms in total. The number of aryl methyl sites for hydroxylation is 2. The Morgan fingerprint density at radius 1 is 1.58 bits per heavy atom. The van der Waals surface area contributed by atoms with E-state index in [9.17, 15) is 0 Å². The van der Waals surface area contributed by atoms with E-state index >= 15 is 0 Å². The van der Waals surface area contributed by atoms with Gasteiger partial charge in [-0.25, -0.2) is 0 Å². The first-order chi connectivity index (χ1) is 9.12. The number of nitrogens with zero attached hydrogens (tertiary/aromatic N) is 2. The number of rotatable bonds is 7. The number of hydrazine groups is 1. The SMILES string of the molecule is CCn1nc(C)cc1CC(CC1(OC)CCC1)NN. The van der Waals surface area contributed by atoms with Gasteiger partial charge in [-0.1, -0.05) is 0 Å². The minimum Gasteiger partial charge on any atom is -0.378 e. The minimum atomic E-state index is 0.0448. The molecule has 0 spiro atoms. The lowest BCUT2D eigenvalue weighted by Gasteiger charge is -2.42. The monoisotopic (exact) mass is 266 g/mol. The first-order valence-electron chi connectivity index (χ1n) is 7.17. The van der Waals surface area contributed by atoms with E-state index in [2.05, 4.69) is 28.2 Å². The summed E-state index contributed by atoms with van der Waals surface area (Å²) in [6, 6.07) is 2.38. The smallest absolute Gasteiger partial charge is 0.0694 e. The van der Waals surface area contributed by atoms with Gasteiger partial charge in [-0.2, -0.15) is 5.10 Å².